The molecule has 104 valence electrons. The summed E-state index contributed by atoms with van der Waals surface area (Å²) in [5, 5.41) is 5.78. The molecule has 2 rings (SSSR count). The van der Waals surface area contributed by atoms with Crippen LogP contribution in [0.4, 0.5) is 4.79 Å². The highest BCUT2D eigenvalue weighted by Gasteiger charge is 2.11. The third-order valence-corrected chi connectivity index (χ3v) is 3.74. The maximum atomic E-state index is 11.9. The lowest BCUT2D eigenvalue weighted by molar-refractivity contribution is 0.237. The van der Waals surface area contributed by atoms with Crippen LogP contribution in [0.5, 0.6) is 0 Å². The fourth-order valence-electron chi connectivity index (χ4n) is 1.93. The van der Waals surface area contributed by atoms with Crippen molar-refractivity contribution in [2.24, 2.45) is 0 Å². The van der Waals surface area contributed by atoms with Gasteiger partial charge >= 0.3 is 6.03 Å². The molecule has 3 nitrogen and oxygen atoms in total. The predicted octanol–water partition coefficient (Wildman–Crippen LogP) is 4.01. The molecule has 0 radical (unpaired) electrons. The van der Waals surface area contributed by atoms with Crippen LogP contribution in [0.25, 0.3) is 0 Å². The molecule has 4 heteroatoms. The molecule has 0 bridgehead atoms. The first kappa shape index (κ1) is 14.6. The molecule has 20 heavy (non-hydrogen) atoms. The van der Waals surface area contributed by atoms with Gasteiger partial charge in [0, 0.05) is 11.0 Å². The number of rotatable bonds is 4. The summed E-state index contributed by atoms with van der Waals surface area (Å²) in [5.41, 5.74) is 2.14. The molecule has 0 spiro atoms. The van der Waals surface area contributed by atoms with E-state index in [1.165, 1.54) is 0 Å². The number of carbonyl (C=O) groups is 1. The molecule has 0 saturated heterocycles. The summed E-state index contributed by atoms with van der Waals surface area (Å²) in [7, 11) is 0. The smallest absolute Gasteiger partial charge is 0.315 e. The quantitative estimate of drug-likeness (QED) is 0.872. The van der Waals surface area contributed by atoms with Gasteiger partial charge in [-0.25, -0.2) is 4.79 Å². The Kier molecular flexibility index (Phi) is 5.18. The Hall–Kier alpha value is -1.81. The highest BCUT2D eigenvalue weighted by atomic mass is 79.9. The topological polar surface area (TPSA) is 41.1 Å². The molecule has 0 aromatic heterocycles. The number of urea groups is 1. The zero-order valence-corrected chi connectivity index (χ0v) is 12.9. The number of halogens is 1. The lowest BCUT2D eigenvalue weighted by atomic mass is 10.1. The zero-order valence-electron chi connectivity index (χ0n) is 11.3. The monoisotopic (exact) mass is 332 g/mol. The Morgan fingerprint density at radius 2 is 1.75 bits per heavy atom. The molecule has 1 atom stereocenters. The second kappa shape index (κ2) is 7.10. The van der Waals surface area contributed by atoms with Gasteiger partial charge < -0.3 is 10.6 Å². The summed E-state index contributed by atoms with van der Waals surface area (Å²) in [6.45, 7) is 2.48. The fraction of sp³-hybridized carbons (Fsp3) is 0.188. The zero-order chi connectivity index (χ0) is 14.4. The molecule has 2 aromatic rings. The van der Waals surface area contributed by atoms with Gasteiger partial charge in [-0.3, -0.25) is 0 Å². The number of carbonyl (C=O) groups excluding carboxylic acids is 1. The Labute approximate surface area is 127 Å². The molecule has 2 amide bonds. The van der Waals surface area contributed by atoms with Crippen LogP contribution in [0, 0.1) is 0 Å². The van der Waals surface area contributed by atoms with E-state index < -0.39 is 0 Å². The Bertz CT molecular complexity index is 572. The molecule has 0 aliphatic heterocycles. The molecule has 0 aliphatic rings. The summed E-state index contributed by atoms with van der Waals surface area (Å²) in [5.74, 6) is 0. The van der Waals surface area contributed by atoms with Crippen molar-refractivity contribution in [1.82, 2.24) is 10.6 Å². The van der Waals surface area contributed by atoms with Gasteiger partial charge in [-0.15, -0.1) is 0 Å². The minimum absolute atomic E-state index is 0.0543. The first-order valence-electron chi connectivity index (χ1n) is 6.49. The largest absolute Gasteiger partial charge is 0.334 e. The second-order valence-electron chi connectivity index (χ2n) is 4.56. The third kappa shape index (κ3) is 4.10. The van der Waals surface area contributed by atoms with E-state index >= 15 is 0 Å². The van der Waals surface area contributed by atoms with Crippen molar-refractivity contribution >= 4 is 22.0 Å². The molecule has 1 unspecified atom stereocenters. The van der Waals surface area contributed by atoms with Gasteiger partial charge in [0.25, 0.3) is 0 Å². The lowest BCUT2D eigenvalue weighted by Gasteiger charge is -2.16. The number of hydrogen-bond acceptors (Lipinski definition) is 1. The van der Waals surface area contributed by atoms with Crippen molar-refractivity contribution in [3.63, 3.8) is 0 Å². The van der Waals surface area contributed by atoms with Gasteiger partial charge in [0.2, 0.25) is 0 Å². The van der Waals surface area contributed by atoms with E-state index in [4.69, 9.17) is 0 Å². The Balaban J connectivity index is 1.87. The lowest BCUT2D eigenvalue weighted by Crippen LogP contribution is -2.36. The van der Waals surface area contributed by atoms with E-state index in [1.54, 1.807) is 0 Å². The van der Waals surface area contributed by atoms with E-state index in [9.17, 15) is 4.79 Å². The van der Waals surface area contributed by atoms with E-state index in [1.807, 2.05) is 61.5 Å². The number of benzene rings is 2. The first-order chi connectivity index (χ1) is 9.66. The van der Waals surface area contributed by atoms with Crippen molar-refractivity contribution in [2.75, 3.05) is 0 Å². The van der Waals surface area contributed by atoms with Crippen LogP contribution < -0.4 is 10.6 Å². The van der Waals surface area contributed by atoms with Crippen LogP contribution in [-0.2, 0) is 6.54 Å². The van der Waals surface area contributed by atoms with Crippen molar-refractivity contribution in [2.45, 2.75) is 19.5 Å². The maximum Gasteiger partial charge on any atom is 0.315 e. The first-order valence-corrected chi connectivity index (χ1v) is 7.29. The summed E-state index contributed by atoms with van der Waals surface area (Å²) in [6.07, 6.45) is 0. The van der Waals surface area contributed by atoms with Gasteiger partial charge in [0.05, 0.1) is 6.04 Å². The van der Waals surface area contributed by atoms with Crippen LogP contribution in [0.15, 0.2) is 59.1 Å². The number of hydrogen-bond donors (Lipinski definition) is 2. The summed E-state index contributed by atoms with van der Waals surface area (Å²) in [6, 6.07) is 17.5. The highest BCUT2D eigenvalue weighted by Crippen LogP contribution is 2.22. The van der Waals surface area contributed by atoms with E-state index in [0.717, 1.165) is 15.6 Å². The molecule has 2 aromatic carbocycles. The van der Waals surface area contributed by atoms with Crippen molar-refractivity contribution in [1.29, 1.82) is 0 Å². The number of nitrogens with one attached hydrogen (secondary N) is 2. The van der Waals surface area contributed by atoms with Crippen molar-refractivity contribution in [3.05, 3.63) is 70.2 Å². The molecule has 0 saturated carbocycles. The normalized spacial score (nSPS) is 11.7. The van der Waals surface area contributed by atoms with E-state index in [2.05, 4.69) is 26.6 Å². The van der Waals surface area contributed by atoms with Crippen LogP contribution >= 0.6 is 15.9 Å². The fourth-order valence-corrected chi connectivity index (χ4v) is 2.56. The van der Waals surface area contributed by atoms with Crippen LogP contribution in [0.3, 0.4) is 0 Å². The van der Waals surface area contributed by atoms with Gasteiger partial charge in [-0.2, -0.15) is 0 Å². The molecular formula is C16H17BrN2O. The minimum atomic E-state index is -0.169. The summed E-state index contributed by atoms with van der Waals surface area (Å²) >= 11 is 3.49. The predicted molar refractivity (Wildman–Crippen MR) is 84.4 cm³/mol. The molecule has 2 N–H and O–H groups in total. The summed E-state index contributed by atoms with van der Waals surface area (Å²) in [4.78, 5) is 11.9. The third-order valence-electron chi connectivity index (χ3n) is 3.02. The minimum Gasteiger partial charge on any atom is -0.334 e. The van der Waals surface area contributed by atoms with Gasteiger partial charge in [-0.05, 0) is 24.1 Å². The van der Waals surface area contributed by atoms with E-state index in [0.29, 0.717) is 6.54 Å². The van der Waals surface area contributed by atoms with Crippen LogP contribution in [0.1, 0.15) is 24.1 Å². The molecule has 0 heterocycles. The average molecular weight is 333 g/mol. The molecular weight excluding hydrogens is 316 g/mol. The van der Waals surface area contributed by atoms with Crippen LogP contribution in [-0.4, -0.2) is 6.03 Å². The molecule has 0 fully saturated rings. The average Bonchev–Trinajstić information content (AvgIpc) is 2.46. The molecule has 0 aliphatic carbocycles. The number of amides is 2. The SMILES string of the molecule is CC(NC(=O)NCc1ccccc1)c1ccccc1Br. The van der Waals surface area contributed by atoms with Gasteiger partial charge in [0.1, 0.15) is 0 Å². The summed E-state index contributed by atoms with van der Waals surface area (Å²) < 4.78 is 0.996. The van der Waals surface area contributed by atoms with Gasteiger partial charge in [0.15, 0.2) is 0 Å². The second-order valence-corrected chi connectivity index (χ2v) is 5.41. The Morgan fingerprint density at radius 1 is 1.10 bits per heavy atom. The van der Waals surface area contributed by atoms with E-state index in [-0.39, 0.29) is 12.1 Å². The highest BCUT2D eigenvalue weighted by molar-refractivity contribution is 9.10. The standard InChI is InChI=1S/C16H17BrN2O/c1-12(14-9-5-6-10-15(14)17)19-16(20)18-11-13-7-3-2-4-8-13/h2-10,12H,11H2,1H3,(H2,18,19,20). The van der Waals surface area contributed by atoms with Crippen molar-refractivity contribution in [3.8, 4) is 0 Å². The Morgan fingerprint density at radius 3 is 2.45 bits per heavy atom. The van der Waals surface area contributed by atoms with Crippen molar-refractivity contribution < 1.29 is 4.79 Å². The van der Waals surface area contributed by atoms with Crippen LogP contribution in [0.2, 0.25) is 0 Å². The van der Waals surface area contributed by atoms with Gasteiger partial charge in [-0.1, -0.05) is 64.5 Å². The maximum absolute atomic E-state index is 11.9.